The third-order valence-electron chi connectivity index (χ3n) is 3.75. The fraction of sp³-hybridized carbons (Fsp3) is 0.600. The van der Waals surface area contributed by atoms with Crippen LogP contribution in [0.25, 0.3) is 0 Å². The second kappa shape index (κ2) is 7.21. The quantitative estimate of drug-likeness (QED) is 0.745. The van der Waals surface area contributed by atoms with Gasteiger partial charge in [-0.05, 0) is 44.0 Å². The molecule has 1 aromatic carbocycles. The predicted octanol–water partition coefficient (Wildman–Crippen LogP) is 4.35. The average molecular weight is 390 g/mol. The second-order valence-corrected chi connectivity index (χ2v) is 6.97. The van der Waals surface area contributed by atoms with Gasteiger partial charge < -0.3 is 5.32 Å². The van der Waals surface area contributed by atoms with Crippen molar-refractivity contribution in [2.24, 2.45) is 0 Å². The molecule has 1 saturated carbocycles. The number of hydrogen-bond donors (Lipinski definition) is 1. The Morgan fingerprint density at radius 3 is 2.68 bits per heavy atom. The molecule has 1 aromatic rings. The molecule has 1 unspecified atom stereocenters. The van der Waals surface area contributed by atoms with Crippen molar-refractivity contribution < 1.29 is 0 Å². The Morgan fingerprint density at radius 2 is 2.11 bits per heavy atom. The zero-order chi connectivity index (χ0) is 13.8. The van der Waals surface area contributed by atoms with Crippen LogP contribution in [0.15, 0.2) is 27.1 Å². The van der Waals surface area contributed by atoms with E-state index >= 15 is 0 Å². The molecule has 4 heteroatoms. The van der Waals surface area contributed by atoms with Crippen LogP contribution < -0.4 is 5.32 Å². The van der Waals surface area contributed by atoms with Gasteiger partial charge in [0.15, 0.2) is 0 Å². The minimum absolute atomic E-state index is 0.375. The van der Waals surface area contributed by atoms with Gasteiger partial charge in [-0.15, -0.1) is 0 Å². The Bertz CT molecular complexity index is 419. The number of hydrogen-bond acceptors (Lipinski definition) is 2. The number of rotatable bonds is 7. The molecule has 0 aliphatic heterocycles. The van der Waals surface area contributed by atoms with Crippen molar-refractivity contribution in [2.45, 2.75) is 38.8 Å². The van der Waals surface area contributed by atoms with Gasteiger partial charge in [0.25, 0.3) is 0 Å². The average Bonchev–Trinajstić information content (AvgIpc) is 3.18. The molecule has 1 fully saturated rings. The highest BCUT2D eigenvalue weighted by atomic mass is 79.9. The van der Waals surface area contributed by atoms with Crippen LogP contribution in [0.5, 0.6) is 0 Å². The summed E-state index contributed by atoms with van der Waals surface area (Å²) >= 11 is 7.13. The molecule has 1 N–H and O–H groups in total. The molecule has 1 aliphatic carbocycles. The number of likely N-dealkylation sites (N-methyl/N-ethyl adjacent to an activating group) is 1. The molecule has 0 spiro atoms. The molecular weight excluding hydrogens is 368 g/mol. The van der Waals surface area contributed by atoms with E-state index in [9.17, 15) is 0 Å². The Labute approximate surface area is 133 Å². The lowest BCUT2D eigenvalue weighted by atomic mass is 10.1. The first kappa shape index (κ1) is 15.5. The first-order valence-corrected chi connectivity index (χ1v) is 8.62. The van der Waals surface area contributed by atoms with E-state index in [1.807, 2.05) is 0 Å². The van der Waals surface area contributed by atoms with Crippen molar-refractivity contribution in [2.75, 3.05) is 19.6 Å². The molecule has 1 atom stereocenters. The molecule has 19 heavy (non-hydrogen) atoms. The highest BCUT2D eigenvalue weighted by molar-refractivity contribution is 9.11. The van der Waals surface area contributed by atoms with E-state index < -0.39 is 0 Å². The molecule has 0 aromatic heterocycles. The van der Waals surface area contributed by atoms with Crippen LogP contribution in [-0.4, -0.2) is 30.6 Å². The van der Waals surface area contributed by atoms with Crippen molar-refractivity contribution in [3.63, 3.8) is 0 Å². The van der Waals surface area contributed by atoms with E-state index in [2.05, 4.69) is 74.1 Å². The van der Waals surface area contributed by atoms with Gasteiger partial charge in [-0.2, -0.15) is 0 Å². The van der Waals surface area contributed by atoms with Crippen LogP contribution in [0.1, 0.15) is 38.3 Å². The standard InChI is InChI=1S/C15H22Br2N2/c1-3-19(13-5-6-13)9-8-18-11(2)14-7-4-12(16)10-15(14)17/h4,7,10-11,13,18H,3,5-6,8-9H2,1-2H3. The van der Waals surface area contributed by atoms with Gasteiger partial charge in [-0.1, -0.05) is 44.8 Å². The lowest BCUT2D eigenvalue weighted by Gasteiger charge is -2.22. The zero-order valence-corrected chi connectivity index (χ0v) is 14.8. The van der Waals surface area contributed by atoms with Gasteiger partial charge in [-0.3, -0.25) is 4.90 Å². The highest BCUT2D eigenvalue weighted by Gasteiger charge is 2.27. The van der Waals surface area contributed by atoms with Crippen LogP contribution in [0.3, 0.4) is 0 Å². The van der Waals surface area contributed by atoms with Gasteiger partial charge in [0.2, 0.25) is 0 Å². The van der Waals surface area contributed by atoms with E-state index in [0.29, 0.717) is 6.04 Å². The summed E-state index contributed by atoms with van der Waals surface area (Å²) in [6.45, 7) is 7.85. The fourth-order valence-electron chi connectivity index (χ4n) is 2.43. The first-order valence-electron chi connectivity index (χ1n) is 7.04. The Morgan fingerprint density at radius 1 is 1.37 bits per heavy atom. The van der Waals surface area contributed by atoms with E-state index in [1.165, 1.54) is 24.9 Å². The second-order valence-electron chi connectivity index (χ2n) is 5.20. The Balaban J connectivity index is 1.81. The van der Waals surface area contributed by atoms with Crippen LogP contribution in [0.4, 0.5) is 0 Å². The molecule has 0 radical (unpaired) electrons. The van der Waals surface area contributed by atoms with Crippen LogP contribution >= 0.6 is 31.9 Å². The summed E-state index contributed by atoms with van der Waals surface area (Å²) in [6.07, 6.45) is 2.78. The van der Waals surface area contributed by atoms with Gasteiger partial charge >= 0.3 is 0 Å². The van der Waals surface area contributed by atoms with E-state index in [1.54, 1.807) is 0 Å². The zero-order valence-electron chi connectivity index (χ0n) is 11.6. The van der Waals surface area contributed by atoms with Crippen LogP contribution in [-0.2, 0) is 0 Å². The molecule has 106 valence electrons. The maximum absolute atomic E-state index is 3.64. The van der Waals surface area contributed by atoms with Gasteiger partial charge in [-0.25, -0.2) is 0 Å². The number of halogens is 2. The molecular formula is C15H22Br2N2. The van der Waals surface area contributed by atoms with Crippen LogP contribution in [0.2, 0.25) is 0 Å². The minimum Gasteiger partial charge on any atom is -0.309 e. The van der Waals surface area contributed by atoms with Gasteiger partial charge in [0.1, 0.15) is 0 Å². The summed E-state index contributed by atoms with van der Waals surface area (Å²) in [5.74, 6) is 0. The summed E-state index contributed by atoms with van der Waals surface area (Å²) < 4.78 is 2.28. The molecule has 2 nitrogen and oxygen atoms in total. The topological polar surface area (TPSA) is 15.3 Å². The van der Waals surface area contributed by atoms with Gasteiger partial charge in [0.05, 0.1) is 0 Å². The third-order valence-corrected chi connectivity index (χ3v) is 4.93. The summed E-state index contributed by atoms with van der Waals surface area (Å²) in [4.78, 5) is 2.58. The van der Waals surface area contributed by atoms with E-state index in [-0.39, 0.29) is 0 Å². The lowest BCUT2D eigenvalue weighted by Crippen LogP contribution is -2.34. The summed E-state index contributed by atoms with van der Waals surface area (Å²) in [7, 11) is 0. The number of nitrogens with zero attached hydrogens (tertiary/aromatic N) is 1. The minimum atomic E-state index is 0.375. The lowest BCUT2D eigenvalue weighted by molar-refractivity contribution is 0.273. The maximum atomic E-state index is 3.64. The van der Waals surface area contributed by atoms with Crippen molar-refractivity contribution in [1.29, 1.82) is 0 Å². The molecule has 1 aliphatic rings. The predicted molar refractivity (Wildman–Crippen MR) is 88.5 cm³/mol. The normalized spacial score (nSPS) is 16.9. The molecule has 0 bridgehead atoms. The van der Waals surface area contributed by atoms with Crippen molar-refractivity contribution in [3.8, 4) is 0 Å². The molecule has 0 amide bonds. The van der Waals surface area contributed by atoms with Crippen molar-refractivity contribution >= 4 is 31.9 Å². The molecule has 2 rings (SSSR count). The molecule has 0 heterocycles. The fourth-order valence-corrected chi connectivity index (χ4v) is 3.82. The monoisotopic (exact) mass is 388 g/mol. The summed E-state index contributed by atoms with van der Waals surface area (Å²) in [5, 5.41) is 3.62. The highest BCUT2D eigenvalue weighted by Crippen LogP contribution is 2.27. The summed E-state index contributed by atoms with van der Waals surface area (Å²) in [6, 6.07) is 7.61. The maximum Gasteiger partial charge on any atom is 0.0303 e. The Kier molecular flexibility index (Phi) is 5.87. The number of nitrogens with one attached hydrogen (secondary N) is 1. The van der Waals surface area contributed by atoms with Crippen LogP contribution in [0, 0.1) is 0 Å². The number of benzene rings is 1. The summed E-state index contributed by atoms with van der Waals surface area (Å²) in [5.41, 5.74) is 1.32. The van der Waals surface area contributed by atoms with E-state index in [4.69, 9.17) is 0 Å². The first-order chi connectivity index (χ1) is 9.11. The van der Waals surface area contributed by atoms with Crippen molar-refractivity contribution in [3.05, 3.63) is 32.7 Å². The van der Waals surface area contributed by atoms with E-state index in [0.717, 1.165) is 28.1 Å². The Hall–Kier alpha value is 0.1000. The molecule has 0 saturated heterocycles. The third kappa shape index (κ3) is 4.55. The smallest absolute Gasteiger partial charge is 0.0303 e. The SMILES string of the molecule is CCN(CCNC(C)c1ccc(Br)cc1Br)C1CC1. The van der Waals surface area contributed by atoms with Gasteiger partial charge in [0, 0.05) is 34.1 Å². The largest absolute Gasteiger partial charge is 0.309 e. The van der Waals surface area contributed by atoms with Crippen molar-refractivity contribution in [1.82, 2.24) is 10.2 Å².